The van der Waals surface area contributed by atoms with E-state index >= 15 is 0 Å². The Morgan fingerprint density at radius 1 is 1.21 bits per heavy atom. The smallest absolute Gasteiger partial charge is 0.293 e. The van der Waals surface area contributed by atoms with Crippen molar-refractivity contribution in [3.63, 3.8) is 0 Å². The average molecular weight is 327 g/mol. The minimum atomic E-state index is -0.364. The summed E-state index contributed by atoms with van der Waals surface area (Å²) in [5, 5.41) is 20.8. The largest absolute Gasteiger partial charge is 0.508 e. The van der Waals surface area contributed by atoms with Gasteiger partial charge in [0, 0.05) is 25.4 Å². The summed E-state index contributed by atoms with van der Waals surface area (Å²) in [6.45, 7) is 7.19. The monoisotopic (exact) mass is 327 g/mol. The standard InChI is InChI=1S/C18H21N3O3/c1-4-20(5-2)17-9-6-14(11-18(17)21(23)24)12-19-16-8-7-15(22)10-13(16)3/h6-12,22H,4-5H2,1-3H3. The molecule has 0 saturated heterocycles. The first-order valence-corrected chi connectivity index (χ1v) is 7.83. The molecular formula is C18H21N3O3. The lowest BCUT2D eigenvalue weighted by atomic mass is 10.1. The summed E-state index contributed by atoms with van der Waals surface area (Å²) < 4.78 is 0. The number of nitro groups is 1. The number of nitrogens with zero attached hydrogens (tertiary/aromatic N) is 3. The molecule has 0 atom stereocenters. The molecule has 0 bridgehead atoms. The van der Waals surface area contributed by atoms with E-state index in [1.165, 1.54) is 6.07 Å². The van der Waals surface area contributed by atoms with E-state index in [4.69, 9.17) is 0 Å². The number of rotatable bonds is 6. The summed E-state index contributed by atoms with van der Waals surface area (Å²) >= 11 is 0. The van der Waals surface area contributed by atoms with E-state index in [9.17, 15) is 15.2 Å². The highest BCUT2D eigenvalue weighted by atomic mass is 16.6. The van der Waals surface area contributed by atoms with Crippen LogP contribution in [0.3, 0.4) is 0 Å². The second-order valence-electron chi connectivity index (χ2n) is 5.41. The van der Waals surface area contributed by atoms with Crippen molar-refractivity contribution in [1.29, 1.82) is 0 Å². The zero-order chi connectivity index (χ0) is 17.7. The van der Waals surface area contributed by atoms with Crippen molar-refractivity contribution in [3.8, 4) is 5.75 Å². The van der Waals surface area contributed by atoms with Gasteiger partial charge in [-0.3, -0.25) is 15.1 Å². The maximum atomic E-state index is 11.4. The lowest BCUT2D eigenvalue weighted by molar-refractivity contribution is -0.384. The van der Waals surface area contributed by atoms with Crippen LogP contribution < -0.4 is 4.90 Å². The summed E-state index contributed by atoms with van der Waals surface area (Å²) in [7, 11) is 0. The molecule has 126 valence electrons. The van der Waals surface area contributed by atoms with Gasteiger partial charge in [0.2, 0.25) is 0 Å². The Bertz CT molecular complexity index is 768. The molecule has 0 unspecified atom stereocenters. The van der Waals surface area contributed by atoms with E-state index in [0.29, 0.717) is 30.0 Å². The van der Waals surface area contributed by atoms with E-state index in [1.807, 2.05) is 31.7 Å². The number of benzene rings is 2. The van der Waals surface area contributed by atoms with Crippen molar-refractivity contribution >= 4 is 23.3 Å². The lowest BCUT2D eigenvalue weighted by Gasteiger charge is -2.20. The number of aromatic hydroxyl groups is 1. The van der Waals surface area contributed by atoms with E-state index in [1.54, 1.807) is 30.5 Å². The van der Waals surface area contributed by atoms with Crippen LogP contribution in [-0.2, 0) is 0 Å². The molecule has 0 aromatic heterocycles. The Balaban J connectivity index is 2.36. The molecule has 1 N–H and O–H groups in total. The van der Waals surface area contributed by atoms with Crippen molar-refractivity contribution in [2.75, 3.05) is 18.0 Å². The molecule has 0 saturated carbocycles. The maximum Gasteiger partial charge on any atom is 0.293 e. The summed E-state index contributed by atoms with van der Waals surface area (Å²) in [5.74, 6) is 0.186. The lowest BCUT2D eigenvalue weighted by Crippen LogP contribution is -2.22. The van der Waals surface area contributed by atoms with Crippen molar-refractivity contribution in [1.82, 2.24) is 0 Å². The third kappa shape index (κ3) is 3.90. The van der Waals surface area contributed by atoms with Crippen LogP contribution in [-0.4, -0.2) is 29.3 Å². The highest BCUT2D eigenvalue weighted by molar-refractivity contribution is 5.85. The zero-order valence-corrected chi connectivity index (χ0v) is 14.1. The van der Waals surface area contributed by atoms with Crippen molar-refractivity contribution in [3.05, 3.63) is 57.6 Å². The van der Waals surface area contributed by atoms with Gasteiger partial charge >= 0.3 is 0 Å². The molecule has 0 aliphatic rings. The molecule has 0 aliphatic heterocycles. The molecule has 0 heterocycles. The second kappa shape index (κ2) is 7.59. The summed E-state index contributed by atoms with van der Waals surface area (Å²) in [5.41, 5.74) is 2.89. The van der Waals surface area contributed by atoms with Gasteiger partial charge < -0.3 is 10.0 Å². The van der Waals surface area contributed by atoms with Crippen LogP contribution >= 0.6 is 0 Å². The third-order valence-electron chi connectivity index (χ3n) is 3.83. The molecule has 6 heteroatoms. The molecule has 24 heavy (non-hydrogen) atoms. The van der Waals surface area contributed by atoms with Crippen molar-refractivity contribution < 1.29 is 10.0 Å². The number of hydrogen-bond acceptors (Lipinski definition) is 5. The van der Waals surface area contributed by atoms with Crippen LogP contribution in [0.25, 0.3) is 0 Å². The molecular weight excluding hydrogens is 306 g/mol. The number of aliphatic imine (C=N–C) groups is 1. The molecule has 2 aromatic carbocycles. The number of phenolic OH excluding ortho intramolecular Hbond substituents is 1. The van der Waals surface area contributed by atoms with Crippen LogP contribution in [0.15, 0.2) is 41.4 Å². The molecule has 0 spiro atoms. The SMILES string of the molecule is CCN(CC)c1ccc(C=Nc2ccc(O)cc2C)cc1[N+](=O)[O-]. The fourth-order valence-electron chi connectivity index (χ4n) is 2.53. The van der Waals surface area contributed by atoms with Crippen LogP contribution in [0.4, 0.5) is 17.1 Å². The van der Waals surface area contributed by atoms with Crippen molar-refractivity contribution in [2.24, 2.45) is 4.99 Å². The number of phenols is 1. The van der Waals surface area contributed by atoms with Crippen LogP contribution in [0.2, 0.25) is 0 Å². The fourth-order valence-corrected chi connectivity index (χ4v) is 2.53. The predicted octanol–water partition coefficient (Wildman–Crippen LogP) is 4.21. The van der Waals surface area contributed by atoms with E-state index < -0.39 is 0 Å². The molecule has 0 amide bonds. The topological polar surface area (TPSA) is 79.0 Å². The number of hydrogen-bond donors (Lipinski definition) is 1. The minimum Gasteiger partial charge on any atom is -0.508 e. The Labute approximate surface area is 141 Å². The maximum absolute atomic E-state index is 11.4. The van der Waals surface area contributed by atoms with E-state index in [2.05, 4.69) is 4.99 Å². The highest BCUT2D eigenvalue weighted by Gasteiger charge is 2.18. The predicted molar refractivity (Wildman–Crippen MR) is 96.8 cm³/mol. The van der Waals surface area contributed by atoms with Gasteiger partial charge in [-0.05, 0) is 56.2 Å². The van der Waals surface area contributed by atoms with Gasteiger partial charge in [0.25, 0.3) is 5.69 Å². The summed E-state index contributed by atoms with van der Waals surface area (Å²) in [6.07, 6.45) is 1.60. The van der Waals surface area contributed by atoms with Gasteiger partial charge in [-0.1, -0.05) is 6.07 Å². The van der Waals surface area contributed by atoms with E-state index in [-0.39, 0.29) is 16.4 Å². The first-order chi connectivity index (χ1) is 11.5. The Morgan fingerprint density at radius 2 is 1.92 bits per heavy atom. The molecule has 2 aromatic rings. The molecule has 2 rings (SSSR count). The normalized spacial score (nSPS) is 11.0. The third-order valence-corrected chi connectivity index (χ3v) is 3.83. The first kappa shape index (κ1) is 17.5. The van der Waals surface area contributed by atoms with Crippen LogP contribution in [0.1, 0.15) is 25.0 Å². The minimum absolute atomic E-state index is 0.0741. The summed E-state index contributed by atoms with van der Waals surface area (Å²) in [4.78, 5) is 17.3. The van der Waals surface area contributed by atoms with Gasteiger partial charge in [0.15, 0.2) is 0 Å². The fraction of sp³-hybridized carbons (Fsp3) is 0.278. The molecule has 6 nitrogen and oxygen atoms in total. The van der Waals surface area contributed by atoms with Gasteiger partial charge in [-0.15, -0.1) is 0 Å². The number of nitro benzene ring substituents is 1. The first-order valence-electron chi connectivity index (χ1n) is 7.83. The van der Waals surface area contributed by atoms with Gasteiger partial charge in [0.1, 0.15) is 11.4 Å². The van der Waals surface area contributed by atoms with Gasteiger partial charge in [-0.2, -0.15) is 0 Å². The molecule has 0 aliphatic carbocycles. The number of aryl methyl sites for hydroxylation is 1. The highest BCUT2D eigenvalue weighted by Crippen LogP contribution is 2.29. The molecule has 0 radical (unpaired) electrons. The Kier molecular flexibility index (Phi) is 5.52. The van der Waals surface area contributed by atoms with E-state index in [0.717, 1.165) is 5.56 Å². The summed E-state index contributed by atoms with van der Waals surface area (Å²) in [6, 6.07) is 10.0. The van der Waals surface area contributed by atoms with Crippen LogP contribution in [0, 0.1) is 17.0 Å². The van der Waals surface area contributed by atoms with Gasteiger partial charge in [-0.25, -0.2) is 0 Å². The molecule has 0 fully saturated rings. The quantitative estimate of drug-likeness (QED) is 0.490. The van der Waals surface area contributed by atoms with Crippen LogP contribution in [0.5, 0.6) is 5.75 Å². The van der Waals surface area contributed by atoms with Gasteiger partial charge in [0.05, 0.1) is 10.6 Å². The number of anilines is 1. The zero-order valence-electron chi connectivity index (χ0n) is 14.1. The Morgan fingerprint density at radius 3 is 2.50 bits per heavy atom. The average Bonchev–Trinajstić information content (AvgIpc) is 2.55. The van der Waals surface area contributed by atoms with Crippen molar-refractivity contribution in [2.45, 2.75) is 20.8 Å². The second-order valence-corrected chi connectivity index (χ2v) is 5.41. The Hall–Kier alpha value is -2.89.